The molecule has 2 aromatic rings. The summed E-state index contributed by atoms with van der Waals surface area (Å²) in [5.41, 5.74) is 1.66. The highest BCUT2D eigenvalue weighted by Gasteiger charge is 2.24. The van der Waals surface area contributed by atoms with E-state index in [1.54, 1.807) is 25.3 Å². The Labute approximate surface area is 159 Å². The number of ether oxygens (including phenoxy) is 2. The van der Waals surface area contributed by atoms with Crippen LogP contribution in [0.15, 0.2) is 42.5 Å². The number of para-hydroxylation sites is 1. The average Bonchev–Trinajstić information content (AvgIpc) is 2.69. The monoisotopic (exact) mass is 371 g/mol. The summed E-state index contributed by atoms with van der Waals surface area (Å²) >= 11 is 0. The molecule has 0 atom stereocenters. The van der Waals surface area contributed by atoms with Crippen molar-refractivity contribution in [1.82, 2.24) is 4.90 Å². The van der Waals surface area contributed by atoms with Gasteiger partial charge in [0.2, 0.25) is 0 Å². The van der Waals surface area contributed by atoms with Crippen LogP contribution < -0.4 is 9.47 Å². The van der Waals surface area contributed by atoms with E-state index < -0.39 is 0 Å². The predicted molar refractivity (Wildman–Crippen MR) is 103 cm³/mol. The van der Waals surface area contributed by atoms with Crippen LogP contribution in [0.1, 0.15) is 35.2 Å². The molecule has 4 nitrogen and oxygen atoms in total. The minimum Gasteiger partial charge on any atom is -0.497 e. The molecule has 1 aliphatic heterocycles. The summed E-state index contributed by atoms with van der Waals surface area (Å²) in [6.07, 6.45) is 2.76. The highest BCUT2D eigenvalue weighted by molar-refractivity contribution is 5.95. The van der Waals surface area contributed by atoms with Crippen LogP contribution in [0, 0.1) is 18.7 Å². The molecule has 1 aliphatic rings. The van der Waals surface area contributed by atoms with Crippen LogP contribution in [-0.2, 0) is 0 Å². The predicted octanol–water partition coefficient (Wildman–Crippen LogP) is 4.46. The summed E-state index contributed by atoms with van der Waals surface area (Å²) in [7, 11) is 1.62. The Morgan fingerprint density at radius 1 is 1.19 bits per heavy atom. The Balaban J connectivity index is 1.47. The molecule has 0 saturated carbocycles. The second kappa shape index (κ2) is 8.89. The van der Waals surface area contributed by atoms with Gasteiger partial charge in [-0.05, 0) is 68.0 Å². The second-order valence-corrected chi connectivity index (χ2v) is 6.98. The van der Waals surface area contributed by atoms with Crippen LogP contribution in [0.5, 0.6) is 11.5 Å². The van der Waals surface area contributed by atoms with Crippen LogP contribution in [-0.4, -0.2) is 37.6 Å². The van der Waals surface area contributed by atoms with E-state index in [4.69, 9.17) is 9.47 Å². The normalized spacial score (nSPS) is 14.9. The summed E-state index contributed by atoms with van der Waals surface area (Å²) in [6.45, 7) is 3.92. The lowest BCUT2D eigenvalue weighted by molar-refractivity contribution is 0.0679. The van der Waals surface area contributed by atoms with Crippen molar-refractivity contribution in [2.24, 2.45) is 5.92 Å². The van der Waals surface area contributed by atoms with Crippen molar-refractivity contribution in [3.8, 4) is 11.5 Å². The van der Waals surface area contributed by atoms with E-state index in [1.165, 1.54) is 6.07 Å². The molecule has 0 unspecified atom stereocenters. The maximum absolute atomic E-state index is 13.6. The van der Waals surface area contributed by atoms with E-state index in [0.717, 1.165) is 49.2 Å². The maximum atomic E-state index is 13.6. The van der Waals surface area contributed by atoms with Crippen LogP contribution in [0.4, 0.5) is 4.39 Å². The number of benzene rings is 2. The van der Waals surface area contributed by atoms with E-state index in [0.29, 0.717) is 18.3 Å². The molecule has 1 saturated heterocycles. The first-order valence-corrected chi connectivity index (χ1v) is 9.39. The van der Waals surface area contributed by atoms with Crippen molar-refractivity contribution in [1.29, 1.82) is 0 Å². The number of likely N-dealkylation sites (tertiary alicyclic amines) is 1. The van der Waals surface area contributed by atoms with Gasteiger partial charge in [-0.15, -0.1) is 0 Å². The zero-order chi connectivity index (χ0) is 19.2. The van der Waals surface area contributed by atoms with Gasteiger partial charge in [0.15, 0.2) is 11.6 Å². The zero-order valence-electron chi connectivity index (χ0n) is 15.9. The number of piperidine rings is 1. The zero-order valence-corrected chi connectivity index (χ0v) is 15.9. The van der Waals surface area contributed by atoms with Gasteiger partial charge in [-0.1, -0.05) is 12.1 Å². The number of rotatable bonds is 6. The first-order chi connectivity index (χ1) is 13.1. The molecule has 5 heteroatoms. The Kier molecular flexibility index (Phi) is 6.32. The topological polar surface area (TPSA) is 38.8 Å². The van der Waals surface area contributed by atoms with Crippen LogP contribution in [0.2, 0.25) is 0 Å². The highest BCUT2D eigenvalue weighted by Crippen LogP contribution is 2.25. The molecule has 0 spiro atoms. The Bertz CT molecular complexity index is 785. The van der Waals surface area contributed by atoms with Gasteiger partial charge >= 0.3 is 0 Å². The average molecular weight is 371 g/mol. The van der Waals surface area contributed by atoms with Gasteiger partial charge in [-0.2, -0.15) is 0 Å². The molecule has 0 bridgehead atoms. The largest absolute Gasteiger partial charge is 0.497 e. The molecule has 1 fully saturated rings. The number of carbonyl (C=O) groups excluding carboxylic acids is 1. The number of amides is 1. The molecule has 27 heavy (non-hydrogen) atoms. The Morgan fingerprint density at radius 3 is 2.59 bits per heavy atom. The summed E-state index contributed by atoms with van der Waals surface area (Å²) in [4.78, 5) is 14.7. The van der Waals surface area contributed by atoms with Crippen LogP contribution in [0.25, 0.3) is 0 Å². The third-order valence-electron chi connectivity index (χ3n) is 5.19. The van der Waals surface area contributed by atoms with Gasteiger partial charge in [0, 0.05) is 18.7 Å². The molecule has 1 heterocycles. The molecular weight excluding hydrogens is 345 g/mol. The van der Waals surface area contributed by atoms with E-state index in [1.807, 2.05) is 30.0 Å². The van der Waals surface area contributed by atoms with Crippen molar-refractivity contribution in [2.75, 3.05) is 26.8 Å². The number of hydrogen-bond donors (Lipinski definition) is 0. The van der Waals surface area contributed by atoms with Crippen molar-refractivity contribution in [2.45, 2.75) is 26.2 Å². The van der Waals surface area contributed by atoms with Gasteiger partial charge in [-0.25, -0.2) is 4.39 Å². The first kappa shape index (κ1) is 19.2. The molecule has 1 amide bonds. The number of carbonyl (C=O) groups is 1. The minimum absolute atomic E-state index is 0.0798. The third kappa shape index (κ3) is 4.79. The lowest BCUT2D eigenvalue weighted by Crippen LogP contribution is -2.39. The SMILES string of the molecule is COc1ccc(C(=O)N2CCC(CCOc3ccccc3F)CC2)c(C)c1. The summed E-state index contributed by atoms with van der Waals surface area (Å²) in [5.74, 6) is 1.32. The fraction of sp³-hybridized carbons (Fsp3) is 0.409. The highest BCUT2D eigenvalue weighted by atomic mass is 19.1. The summed E-state index contributed by atoms with van der Waals surface area (Å²) in [6, 6.07) is 12.0. The van der Waals surface area contributed by atoms with Gasteiger partial charge in [-0.3, -0.25) is 4.79 Å². The first-order valence-electron chi connectivity index (χ1n) is 9.39. The molecule has 0 aromatic heterocycles. The molecule has 2 aromatic carbocycles. The van der Waals surface area contributed by atoms with Crippen molar-refractivity contribution >= 4 is 5.91 Å². The van der Waals surface area contributed by atoms with Crippen LogP contribution >= 0.6 is 0 Å². The van der Waals surface area contributed by atoms with Crippen molar-refractivity contribution < 1.29 is 18.7 Å². The number of methoxy groups -OCH3 is 1. The third-order valence-corrected chi connectivity index (χ3v) is 5.19. The molecule has 3 rings (SSSR count). The van der Waals surface area contributed by atoms with Gasteiger partial charge in [0.1, 0.15) is 5.75 Å². The Morgan fingerprint density at radius 2 is 1.93 bits per heavy atom. The lowest BCUT2D eigenvalue weighted by Gasteiger charge is -2.32. The van der Waals surface area contributed by atoms with E-state index in [2.05, 4.69) is 0 Å². The van der Waals surface area contributed by atoms with Gasteiger partial charge in [0.25, 0.3) is 5.91 Å². The lowest BCUT2D eigenvalue weighted by atomic mass is 9.93. The van der Waals surface area contributed by atoms with Crippen molar-refractivity contribution in [3.05, 3.63) is 59.4 Å². The van der Waals surface area contributed by atoms with E-state index in [-0.39, 0.29) is 11.7 Å². The Hall–Kier alpha value is -2.56. The summed E-state index contributed by atoms with van der Waals surface area (Å²) < 4.78 is 24.3. The smallest absolute Gasteiger partial charge is 0.254 e. The molecule has 0 N–H and O–H groups in total. The fourth-order valence-electron chi connectivity index (χ4n) is 3.50. The summed E-state index contributed by atoms with van der Waals surface area (Å²) in [5, 5.41) is 0. The van der Waals surface area contributed by atoms with Crippen LogP contribution in [0.3, 0.4) is 0 Å². The minimum atomic E-state index is -0.326. The van der Waals surface area contributed by atoms with E-state index in [9.17, 15) is 9.18 Å². The maximum Gasteiger partial charge on any atom is 0.254 e. The standard InChI is InChI=1S/C22H26FNO3/c1-16-15-18(26-2)7-8-19(16)22(25)24-12-9-17(10-13-24)11-14-27-21-6-4-3-5-20(21)23/h3-8,15,17H,9-14H2,1-2H3. The van der Waals surface area contributed by atoms with Gasteiger partial charge < -0.3 is 14.4 Å². The molecule has 0 radical (unpaired) electrons. The number of hydrogen-bond acceptors (Lipinski definition) is 3. The quantitative estimate of drug-likeness (QED) is 0.752. The van der Waals surface area contributed by atoms with E-state index >= 15 is 0 Å². The molecular formula is C22H26FNO3. The van der Waals surface area contributed by atoms with Crippen molar-refractivity contribution in [3.63, 3.8) is 0 Å². The number of halogens is 1. The number of nitrogens with zero attached hydrogens (tertiary/aromatic N) is 1. The molecule has 0 aliphatic carbocycles. The van der Waals surface area contributed by atoms with Gasteiger partial charge in [0.05, 0.1) is 13.7 Å². The molecule has 144 valence electrons. The number of aryl methyl sites for hydroxylation is 1. The fourth-order valence-corrected chi connectivity index (χ4v) is 3.50. The second-order valence-electron chi connectivity index (χ2n) is 6.98.